The molecular weight excluding hydrogens is 382 g/mol. The standard InChI is InChI=1S/C28H31NO2/c1-19-11-13-22(14-12-19)20(2)21(3)28(4,5)27(31)29-25-17-15-24(16-18-25)26(30)23-9-7-6-8-10-23/h6-18,20-21H,1-5H3,(H,29,31). The zero-order valence-electron chi connectivity index (χ0n) is 19.0. The second-order valence-corrected chi connectivity index (χ2v) is 8.94. The van der Waals surface area contributed by atoms with Gasteiger partial charge in [0.25, 0.3) is 0 Å². The Kier molecular flexibility index (Phi) is 6.74. The minimum atomic E-state index is -0.567. The molecule has 1 amide bonds. The first-order chi connectivity index (χ1) is 14.7. The monoisotopic (exact) mass is 413 g/mol. The Labute approximate surface area is 185 Å². The number of nitrogens with one attached hydrogen (secondary N) is 1. The van der Waals surface area contributed by atoms with Gasteiger partial charge in [-0.3, -0.25) is 9.59 Å². The predicted molar refractivity (Wildman–Crippen MR) is 127 cm³/mol. The molecule has 0 aliphatic carbocycles. The smallest absolute Gasteiger partial charge is 0.230 e. The zero-order valence-corrected chi connectivity index (χ0v) is 19.0. The van der Waals surface area contributed by atoms with Crippen molar-refractivity contribution in [3.8, 4) is 0 Å². The third-order valence-electron chi connectivity index (χ3n) is 6.52. The summed E-state index contributed by atoms with van der Waals surface area (Å²) in [6, 6.07) is 24.8. The van der Waals surface area contributed by atoms with Crippen LogP contribution < -0.4 is 5.32 Å². The van der Waals surface area contributed by atoms with Crippen LogP contribution in [0.15, 0.2) is 78.9 Å². The van der Waals surface area contributed by atoms with Crippen molar-refractivity contribution in [2.45, 2.75) is 40.5 Å². The van der Waals surface area contributed by atoms with Gasteiger partial charge in [0.2, 0.25) is 5.91 Å². The average Bonchev–Trinajstić information content (AvgIpc) is 2.79. The second kappa shape index (κ2) is 9.30. The van der Waals surface area contributed by atoms with Gasteiger partial charge in [-0.1, -0.05) is 87.9 Å². The maximum atomic E-state index is 13.1. The van der Waals surface area contributed by atoms with Gasteiger partial charge in [0, 0.05) is 22.2 Å². The average molecular weight is 414 g/mol. The molecular formula is C28H31NO2. The lowest BCUT2D eigenvalue weighted by atomic mass is 9.70. The summed E-state index contributed by atoms with van der Waals surface area (Å²) in [6.45, 7) is 10.4. The fourth-order valence-corrected chi connectivity index (χ4v) is 3.74. The van der Waals surface area contributed by atoms with Crippen LogP contribution in [-0.2, 0) is 4.79 Å². The van der Waals surface area contributed by atoms with E-state index < -0.39 is 5.41 Å². The van der Waals surface area contributed by atoms with E-state index in [-0.39, 0.29) is 23.5 Å². The molecule has 3 nitrogen and oxygen atoms in total. The fourth-order valence-electron chi connectivity index (χ4n) is 3.74. The lowest BCUT2D eigenvalue weighted by Gasteiger charge is -2.35. The fraction of sp³-hybridized carbons (Fsp3) is 0.286. The number of aryl methyl sites for hydroxylation is 1. The van der Waals surface area contributed by atoms with Crippen molar-refractivity contribution in [2.24, 2.45) is 11.3 Å². The summed E-state index contributed by atoms with van der Waals surface area (Å²) >= 11 is 0. The van der Waals surface area contributed by atoms with Gasteiger partial charge in [0.15, 0.2) is 5.78 Å². The van der Waals surface area contributed by atoms with Crippen LogP contribution in [0.5, 0.6) is 0 Å². The number of anilines is 1. The number of benzene rings is 3. The molecule has 0 heterocycles. The van der Waals surface area contributed by atoms with E-state index in [0.717, 1.165) is 0 Å². The molecule has 3 aromatic rings. The lowest BCUT2D eigenvalue weighted by molar-refractivity contribution is -0.126. The van der Waals surface area contributed by atoms with E-state index in [1.54, 1.807) is 36.4 Å². The van der Waals surface area contributed by atoms with Gasteiger partial charge < -0.3 is 5.32 Å². The Morgan fingerprint density at radius 3 is 1.90 bits per heavy atom. The van der Waals surface area contributed by atoms with Crippen LogP contribution in [0.3, 0.4) is 0 Å². The summed E-state index contributed by atoms with van der Waals surface area (Å²) < 4.78 is 0. The van der Waals surface area contributed by atoms with E-state index in [2.05, 4.69) is 50.4 Å². The quantitative estimate of drug-likeness (QED) is 0.442. The first kappa shape index (κ1) is 22.5. The molecule has 3 aromatic carbocycles. The minimum absolute atomic E-state index is 0.0268. The number of amides is 1. The molecule has 0 aliphatic rings. The summed E-state index contributed by atoms with van der Waals surface area (Å²) in [5, 5.41) is 3.03. The van der Waals surface area contributed by atoms with Crippen molar-refractivity contribution >= 4 is 17.4 Å². The summed E-state index contributed by atoms with van der Waals surface area (Å²) in [7, 11) is 0. The molecule has 0 fully saturated rings. The maximum Gasteiger partial charge on any atom is 0.230 e. The Bertz CT molecular complexity index is 1030. The highest BCUT2D eigenvalue weighted by Gasteiger charge is 2.37. The van der Waals surface area contributed by atoms with Crippen LogP contribution in [0.2, 0.25) is 0 Å². The van der Waals surface area contributed by atoms with Crippen molar-refractivity contribution in [3.05, 3.63) is 101 Å². The SMILES string of the molecule is Cc1ccc(C(C)C(C)C(C)(C)C(=O)Nc2ccc(C(=O)c3ccccc3)cc2)cc1. The lowest BCUT2D eigenvalue weighted by Crippen LogP contribution is -2.38. The molecule has 0 saturated carbocycles. The third kappa shape index (κ3) is 5.11. The highest BCUT2D eigenvalue weighted by atomic mass is 16.2. The van der Waals surface area contributed by atoms with Crippen LogP contribution in [0.1, 0.15) is 60.7 Å². The van der Waals surface area contributed by atoms with E-state index in [0.29, 0.717) is 16.8 Å². The van der Waals surface area contributed by atoms with Crippen molar-refractivity contribution in [1.82, 2.24) is 0 Å². The highest BCUT2D eigenvalue weighted by Crippen LogP contribution is 2.38. The van der Waals surface area contributed by atoms with Crippen LogP contribution in [-0.4, -0.2) is 11.7 Å². The number of rotatable bonds is 7. The number of carbonyl (C=O) groups is 2. The third-order valence-corrected chi connectivity index (χ3v) is 6.52. The van der Waals surface area contributed by atoms with E-state index in [1.165, 1.54) is 11.1 Å². The largest absolute Gasteiger partial charge is 0.326 e. The topological polar surface area (TPSA) is 46.2 Å². The Balaban J connectivity index is 1.69. The van der Waals surface area contributed by atoms with Crippen LogP contribution in [0.25, 0.3) is 0 Å². The Morgan fingerprint density at radius 2 is 1.32 bits per heavy atom. The molecule has 0 bridgehead atoms. The van der Waals surface area contributed by atoms with Gasteiger partial charge >= 0.3 is 0 Å². The molecule has 2 atom stereocenters. The first-order valence-electron chi connectivity index (χ1n) is 10.8. The molecule has 3 heteroatoms. The summed E-state index contributed by atoms with van der Waals surface area (Å²) in [5.74, 6) is 0.321. The number of carbonyl (C=O) groups excluding carboxylic acids is 2. The van der Waals surface area contributed by atoms with Crippen molar-refractivity contribution in [1.29, 1.82) is 0 Å². The number of hydrogen-bond donors (Lipinski definition) is 1. The van der Waals surface area contributed by atoms with Crippen molar-refractivity contribution in [3.63, 3.8) is 0 Å². The highest BCUT2D eigenvalue weighted by molar-refractivity contribution is 6.09. The van der Waals surface area contributed by atoms with Gasteiger partial charge in [-0.15, -0.1) is 0 Å². The van der Waals surface area contributed by atoms with Gasteiger partial charge in [0.05, 0.1) is 0 Å². The predicted octanol–water partition coefficient (Wildman–Crippen LogP) is 6.63. The molecule has 31 heavy (non-hydrogen) atoms. The first-order valence-corrected chi connectivity index (χ1v) is 10.8. The Morgan fingerprint density at radius 1 is 0.774 bits per heavy atom. The molecule has 2 unspecified atom stereocenters. The van der Waals surface area contributed by atoms with E-state index in [9.17, 15) is 9.59 Å². The molecule has 0 spiro atoms. The molecule has 0 aliphatic heterocycles. The van der Waals surface area contributed by atoms with Gasteiger partial charge in [0.1, 0.15) is 0 Å². The summed E-state index contributed by atoms with van der Waals surface area (Å²) in [4.78, 5) is 25.7. The van der Waals surface area contributed by atoms with Crippen molar-refractivity contribution in [2.75, 3.05) is 5.32 Å². The van der Waals surface area contributed by atoms with Crippen molar-refractivity contribution < 1.29 is 9.59 Å². The molecule has 0 saturated heterocycles. The number of hydrogen-bond acceptors (Lipinski definition) is 2. The second-order valence-electron chi connectivity index (χ2n) is 8.94. The minimum Gasteiger partial charge on any atom is -0.326 e. The van der Waals surface area contributed by atoms with E-state index in [4.69, 9.17) is 0 Å². The molecule has 1 N–H and O–H groups in total. The Hall–Kier alpha value is -3.20. The van der Waals surface area contributed by atoms with E-state index >= 15 is 0 Å². The summed E-state index contributed by atoms with van der Waals surface area (Å²) in [5.41, 5.74) is 3.85. The van der Waals surface area contributed by atoms with Gasteiger partial charge in [-0.05, 0) is 48.6 Å². The van der Waals surface area contributed by atoms with Gasteiger partial charge in [-0.2, -0.15) is 0 Å². The van der Waals surface area contributed by atoms with E-state index in [1.807, 2.05) is 32.0 Å². The molecule has 3 rings (SSSR count). The zero-order chi connectivity index (χ0) is 22.6. The van der Waals surface area contributed by atoms with Gasteiger partial charge in [-0.25, -0.2) is 0 Å². The molecule has 160 valence electrons. The molecule has 0 radical (unpaired) electrons. The van der Waals surface area contributed by atoms with Crippen LogP contribution in [0, 0.1) is 18.3 Å². The summed E-state index contributed by atoms with van der Waals surface area (Å²) in [6.07, 6.45) is 0. The van der Waals surface area contributed by atoms with Crippen LogP contribution in [0.4, 0.5) is 5.69 Å². The van der Waals surface area contributed by atoms with Crippen LogP contribution >= 0.6 is 0 Å². The number of ketones is 1. The maximum absolute atomic E-state index is 13.1. The molecule has 0 aromatic heterocycles. The normalized spacial score (nSPS) is 13.3.